The summed E-state index contributed by atoms with van der Waals surface area (Å²) in [6.45, 7) is 2.00. The first-order valence-corrected chi connectivity index (χ1v) is 9.75. The van der Waals surface area contributed by atoms with Crippen LogP contribution in [-0.2, 0) is 29.1 Å². The van der Waals surface area contributed by atoms with Gasteiger partial charge >= 0.3 is 0 Å². The SMILES string of the molecule is CC(=O)N(Cc1ccc(F)cc1)C(Cc1ccccc1)C(=O)NCc1ccncc1. The van der Waals surface area contributed by atoms with Crippen molar-refractivity contribution in [2.24, 2.45) is 0 Å². The molecule has 0 aliphatic rings. The lowest BCUT2D eigenvalue weighted by Crippen LogP contribution is -2.49. The molecule has 1 N–H and O–H groups in total. The van der Waals surface area contributed by atoms with Gasteiger partial charge in [0, 0.05) is 38.8 Å². The molecule has 3 aromatic rings. The van der Waals surface area contributed by atoms with Gasteiger partial charge in [-0.25, -0.2) is 4.39 Å². The molecular weight excluding hydrogens is 381 g/mol. The van der Waals surface area contributed by atoms with Crippen molar-refractivity contribution >= 4 is 11.8 Å². The highest BCUT2D eigenvalue weighted by Gasteiger charge is 2.28. The summed E-state index contributed by atoms with van der Waals surface area (Å²) in [7, 11) is 0. The first-order valence-electron chi connectivity index (χ1n) is 9.75. The highest BCUT2D eigenvalue weighted by molar-refractivity contribution is 5.87. The number of carbonyl (C=O) groups excluding carboxylic acids is 2. The topological polar surface area (TPSA) is 62.3 Å². The number of rotatable bonds is 8. The first-order chi connectivity index (χ1) is 14.5. The molecule has 6 heteroatoms. The molecule has 1 aromatic heterocycles. The molecule has 30 heavy (non-hydrogen) atoms. The van der Waals surface area contributed by atoms with E-state index in [1.165, 1.54) is 24.0 Å². The quantitative estimate of drug-likeness (QED) is 0.624. The fourth-order valence-corrected chi connectivity index (χ4v) is 3.22. The molecule has 0 fully saturated rings. The highest BCUT2D eigenvalue weighted by Crippen LogP contribution is 2.15. The standard InChI is InChI=1S/C24H24FN3O2/c1-18(29)28(17-21-7-9-22(25)10-8-21)23(15-19-5-3-2-4-6-19)24(30)27-16-20-11-13-26-14-12-20/h2-14,23H,15-17H2,1H3,(H,27,30). The highest BCUT2D eigenvalue weighted by atomic mass is 19.1. The second kappa shape index (κ2) is 10.3. The van der Waals surface area contributed by atoms with Crippen LogP contribution in [0.5, 0.6) is 0 Å². The summed E-state index contributed by atoms with van der Waals surface area (Å²) < 4.78 is 13.3. The van der Waals surface area contributed by atoms with Crippen molar-refractivity contribution in [3.63, 3.8) is 0 Å². The minimum atomic E-state index is -0.697. The molecule has 0 bridgehead atoms. The van der Waals surface area contributed by atoms with E-state index in [4.69, 9.17) is 0 Å². The maximum atomic E-state index is 13.3. The second-order valence-electron chi connectivity index (χ2n) is 7.05. The summed E-state index contributed by atoms with van der Waals surface area (Å²) in [4.78, 5) is 31.1. The fraction of sp³-hybridized carbons (Fsp3) is 0.208. The number of nitrogens with zero attached hydrogens (tertiary/aromatic N) is 2. The molecule has 0 saturated heterocycles. The molecule has 0 aliphatic carbocycles. The van der Waals surface area contributed by atoms with Gasteiger partial charge in [-0.15, -0.1) is 0 Å². The number of amides is 2. The van der Waals surface area contributed by atoms with Gasteiger partial charge in [0.05, 0.1) is 0 Å². The van der Waals surface area contributed by atoms with Crippen LogP contribution in [0.25, 0.3) is 0 Å². The monoisotopic (exact) mass is 405 g/mol. The maximum Gasteiger partial charge on any atom is 0.243 e. The van der Waals surface area contributed by atoms with Crippen molar-refractivity contribution < 1.29 is 14.0 Å². The van der Waals surface area contributed by atoms with E-state index in [2.05, 4.69) is 10.3 Å². The van der Waals surface area contributed by atoms with Crippen LogP contribution in [0.15, 0.2) is 79.1 Å². The van der Waals surface area contributed by atoms with Crippen molar-refractivity contribution in [2.75, 3.05) is 0 Å². The Morgan fingerprint density at radius 1 is 0.933 bits per heavy atom. The number of aromatic nitrogens is 1. The lowest BCUT2D eigenvalue weighted by Gasteiger charge is -2.30. The average molecular weight is 405 g/mol. The van der Waals surface area contributed by atoms with Crippen molar-refractivity contribution in [3.05, 3.63) is 102 Å². The molecule has 2 aromatic carbocycles. The average Bonchev–Trinajstić information content (AvgIpc) is 2.77. The molecular formula is C24H24FN3O2. The molecule has 0 spiro atoms. The van der Waals surface area contributed by atoms with Crippen LogP contribution < -0.4 is 5.32 Å². The third kappa shape index (κ3) is 5.98. The van der Waals surface area contributed by atoms with Crippen LogP contribution in [0.2, 0.25) is 0 Å². The Labute approximate surface area is 175 Å². The van der Waals surface area contributed by atoms with Crippen molar-refractivity contribution in [1.82, 2.24) is 15.2 Å². The normalized spacial score (nSPS) is 11.5. The molecule has 2 amide bonds. The van der Waals surface area contributed by atoms with E-state index < -0.39 is 6.04 Å². The molecule has 5 nitrogen and oxygen atoms in total. The van der Waals surface area contributed by atoms with Gasteiger partial charge in [0.2, 0.25) is 11.8 Å². The van der Waals surface area contributed by atoms with Gasteiger partial charge < -0.3 is 10.2 Å². The van der Waals surface area contributed by atoms with Crippen LogP contribution in [-0.4, -0.2) is 27.7 Å². The van der Waals surface area contributed by atoms with Crippen LogP contribution in [0.4, 0.5) is 4.39 Å². The summed E-state index contributed by atoms with van der Waals surface area (Å²) in [6.07, 6.45) is 3.71. The summed E-state index contributed by atoms with van der Waals surface area (Å²) in [5, 5.41) is 2.93. The zero-order valence-electron chi connectivity index (χ0n) is 16.8. The first kappa shape index (κ1) is 21.2. The van der Waals surface area contributed by atoms with Crippen LogP contribution >= 0.6 is 0 Å². The Morgan fingerprint density at radius 3 is 2.23 bits per heavy atom. The second-order valence-corrected chi connectivity index (χ2v) is 7.05. The predicted octanol–water partition coefficient (Wildman–Crippen LogP) is 3.50. The molecule has 1 atom stereocenters. The Morgan fingerprint density at radius 2 is 1.60 bits per heavy atom. The van der Waals surface area contributed by atoms with E-state index in [1.807, 2.05) is 42.5 Å². The lowest BCUT2D eigenvalue weighted by atomic mass is 10.0. The number of benzene rings is 2. The molecule has 3 rings (SSSR count). The summed E-state index contributed by atoms with van der Waals surface area (Å²) in [6, 6.07) is 18.5. The molecule has 1 heterocycles. The van der Waals surface area contributed by atoms with Crippen LogP contribution in [0.3, 0.4) is 0 Å². The predicted molar refractivity (Wildman–Crippen MR) is 113 cm³/mol. The van der Waals surface area contributed by atoms with Crippen LogP contribution in [0.1, 0.15) is 23.6 Å². The zero-order chi connectivity index (χ0) is 21.3. The molecule has 0 saturated carbocycles. The van der Waals surface area contributed by atoms with E-state index in [1.54, 1.807) is 24.5 Å². The fourth-order valence-electron chi connectivity index (χ4n) is 3.22. The number of hydrogen-bond donors (Lipinski definition) is 1. The van der Waals surface area contributed by atoms with Gasteiger partial charge in [-0.2, -0.15) is 0 Å². The van der Waals surface area contributed by atoms with E-state index in [-0.39, 0.29) is 24.2 Å². The van der Waals surface area contributed by atoms with Gasteiger partial charge in [-0.1, -0.05) is 42.5 Å². The molecule has 0 radical (unpaired) electrons. The molecule has 154 valence electrons. The summed E-state index contributed by atoms with van der Waals surface area (Å²) in [5.41, 5.74) is 2.63. The largest absolute Gasteiger partial charge is 0.350 e. The number of nitrogens with one attached hydrogen (secondary N) is 1. The molecule has 0 aliphatic heterocycles. The minimum Gasteiger partial charge on any atom is -0.350 e. The summed E-state index contributed by atoms with van der Waals surface area (Å²) in [5.74, 6) is -0.809. The van der Waals surface area contributed by atoms with E-state index in [0.717, 1.165) is 16.7 Å². The third-order valence-corrected chi connectivity index (χ3v) is 4.84. The van der Waals surface area contributed by atoms with Gasteiger partial charge in [0.1, 0.15) is 11.9 Å². The van der Waals surface area contributed by atoms with Gasteiger partial charge in [-0.3, -0.25) is 14.6 Å². The number of pyridine rings is 1. The van der Waals surface area contributed by atoms with Crippen LogP contribution in [0, 0.1) is 5.82 Å². The minimum absolute atomic E-state index is 0.218. The maximum absolute atomic E-state index is 13.3. The van der Waals surface area contributed by atoms with Crippen molar-refractivity contribution in [2.45, 2.75) is 32.5 Å². The van der Waals surface area contributed by atoms with Gasteiger partial charge in [0.25, 0.3) is 0 Å². The Hall–Kier alpha value is -3.54. The number of hydrogen-bond acceptors (Lipinski definition) is 3. The van der Waals surface area contributed by atoms with E-state index >= 15 is 0 Å². The number of halogens is 1. The van der Waals surface area contributed by atoms with E-state index in [9.17, 15) is 14.0 Å². The Balaban J connectivity index is 1.82. The summed E-state index contributed by atoms with van der Waals surface area (Å²) >= 11 is 0. The van der Waals surface area contributed by atoms with Crippen molar-refractivity contribution in [3.8, 4) is 0 Å². The van der Waals surface area contributed by atoms with E-state index in [0.29, 0.717) is 13.0 Å². The molecule has 1 unspecified atom stereocenters. The zero-order valence-corrected chi connectivity index (χ0v) is 16.8. The van der Waals surface area contributed by atoms with Gasteiger partial charge in [-0.05, 0) is 41.0 Å². The van der Waals surface area contributed by atoms with Crippen molar-refractivity contribution in [1.29, 1.82) is 0 Å². The Bertz CT molecular complexity index is 963. The third-order valence-electron chi connectivity index (χ3n) is 4.84. The van der Waals surface area contributed by atoms with Gasteiger partial charge in [0.15, 0.2) is 0 Å². The lowest BCUT2D eigenvalue weighted by molar-refractivity contribution is -0.139. The number of carbonyl (C=O) groups is 2. The smallest absolute Gasteiger partial charge is 0.243 e. The Kier molecular flexibility index (Phi) is 7.27.